The summed E-state index contributed by atoms with van der Waals surface area (Å²) in [6.07, 6.45) is 3.34. The van der Waals surface area contributed by atoms with Crippen LogP contribution in [0.25, 0.3) is 33.3 Å². The van der Waals surface area contributed by atoms with E-state index in [0.717, 1.165) is 21.9 Å². The number of benzene rings is 3. The van der Waals surface area contributed by atoms with Crippen LogP contribution in [-0.4, -0.2) is 21.0 Å². The fourth-order valence-corrected chi connectivity index (χ4v) is 3.54. The van der Waals surface area contributed by atoms with Gasteiger partial charge in [0.1, 0.15) is 12.0 Å². The third-order valence-corrected chi connectivity index (χ3v) is 5.01. The monoisotopic (exact) mass is 406 g/mol. The van der Waals surface area contributed by atoms with E-state index in [-0.39, 0.29) is 18.2 Å². The fraction of sp³-hybridized carbons (Fsp3) is 0.0400. The normalized spacial score (nSPS) is 10.8. The van der Waals surface area contributed by atoms with Crippen molar-refractivity contribution in [2.24, 2.45) is 0 Å². The average molecular weight is 406 g/mol. The van der Waals surface area contributed by atoms with E-state index in [1.165, 1.54) is 6.33 Å². The highest BCUT2D eigenvalue weighted by atomic mass is 16.5. The first-order valence-corrected chi connectivity index (χ1v) is 9.87. The fourth-order valence-electron chi connectivity index (χ4n) is 3.54. The second kappa shape index (κ2) is 8.20. The molecule has 2 heterocycles. The molecule has 0 aliphatic rings. The van der Waals surface area contributed by atoms with Gasteiger partial charge >= 0.3 is 0 Å². The molecule has 2 aromatic heterocycles. The van der Waals surface area contributed by atoms with E-state index >= 15 is 0 Å². The van der Waals surface area contributed by atoms with E-state index in [0.29, 0.717) is 17.0 Å². The number of carbonyl (C=O) groups is 1. The molecule has 6 heteroatoms. The van der Waals surface area contributed by atoms with Gasteiger partial charge < -0.3 is 4.52 Å². The van der Waals surface area contributed by atoms with Gasteiger partial charge in [0.15, 0.2) is 0 Å². The van der Waals surface area contributed by atoms with Crippen molar-refractivity contribution in [3.63, 3.8) is 0 Å². The Kier molecular flexibility index (Phi) is 4.94. The number of anilines is 1. The Labute approximate surface area is 178 Å². The van der Waals surface area contributed by atoms with Gasteiger partial charge in [0, 0.05) is 11.8 Å². The highest BCUT2D eigenvalue weighted by Gasteiger charge is 2.22. The molecule has 5 rings (SSSR count). The molecular weight excluding hydrogens is 388 g/mol. The number of rotatable bonds is 5. The minimum atomic E-state index is -0.192. The van der Waals surface area contributed by atoms with Crippen molar-refractivity contribution in [3.05, 3.63) is 97.0 Å². The van der Waals surface area contributed by atoms with Crippen LogP contribution in [0, 0.1) is 0 Å². The third kappa shape index (κ3) is 3.91. The summed E-state index contributed by atoms with van der Waals surface area (Å²) in [5, 5.41) is 9.36. The molecule has 5 aromatic rings. The van der Waals surface area contributed by atoms with Gasteiger partial charge in [-0.15, -0.1) is 0 Å². The minimum Gasteiger partial charge on any atom is -0.337 e. The molecule has 0 aliphatic carbocycles. The molecule has 0 atom stereocenters. The van der Waals surface area contributed by atoms with Gasteiger partial charge in [0.2, 0.25) is 11.8 Å². The number of aromatic nitrogens is 3. The standard InChI is InChI=1S/C25H18N4O2/c30-22(14-17-6-2-1-3-7-17)28-25-23(21-12-13-26-16-27-21)24(29-31-25)20-11-10-18-8-4-5-9-19(18)15-20/h1-13,15-16H,14H2,(H,28,30). The Morgan fingerprint density at radius 3 is 2.52 bits per heavy atom. The number of hydrogen-bond donors (Lipinski definition) is 1. The van der Waals surface area contributed by atoms with Crippen LogP contribution in [0.1, 0.15) is 5.56 Å². The molecule has 0 unspecified atom stereocenters. The number of carbonyl (C=O) groups excluding carboxylic acids is 1. The highest BCUT2D eigenvalue weighted by molar-refractivity contribution is 5.98. The van der Waals surface area contributed by atoms with Crippen LogP contribution in [0.3, 0.4) is 0 Å². The van der Waals surface area contributed by atoms with Gasteiger partial charge in [-0.25, -0.2) is 9.97 Å². The zero-order valence-electron chi connectivity index (χ0n) is 16.5. The molecule has 0 spiro atoms. The molecule has 1 amide bonds. The van der Waals surface area contributed by atoms with Crippen LogP contribution < -0.4 is 5.32 Å². The summed E-state index contributed by atoms with van der Waals surface area (Å²) < 4.78 is 5.58. The Balaban J connectivity index is 1.54. The molecule has 31 heavy (non-hydrogen) atoms. The lowest BCUT2D eigenvalue weighted by atomic mass is 10.0. The number of fused-ring (bicyclic) bond motifs is 1. The van der Waals surface area contributed by atoms with Crippen molar-refractivity contribution in [1.82, 2.24) is 15.1 Å². The molecule has 0 aliphatic heterocycles. The largest absolute Gasteiger partial charge is 0.337 e. The second-order valence-corrected chi connectivity index (χ2v) is 7.10. The topological polar surface area (TPSA) is 80.9 Å². The molecule has 1 N–H and O–H groups in total. The van der Waals surface area contributed by atoms with E-state index in [2.05, 4.69) is 26.5 Å². The second-order valence-electron chi connectivity index (χ2n) is 7.10. The van der Waals surface area contributed by atoms with E-state index < -0.39 is 0 Å². The molecule has 0 saturated carbocycles. The summed E-state index contributed by atoms with van der Waals surface area (Å²) >= 11 is 0. The number of amides is 1. The van der Waals surface area contributed by atoms with Crippen molar-refractivity contribution >= 4 is 22.6 Å². The number of hydrogen-bond acceptors (Lipinski definition) is 5. The maximum atomic E-state index is 12.7. The smallest absolute Gasteiger partial charge is 0.241 e. The zero-order valence-corrected chi connectivity index (χ0v) is 16.5. The Bertz CT molecular complexity index is 1350. The predicted molar refractivity (Wildman–Crippen MR) is 119 cm³/mol. The molecule has 0 radical (unpaired) electrons. The van der Waals surface area contributed by atoms with Crippen molar-refractivity contribution in [2.75, 3.05) is 5.32 Å². The van der Waals surface area contributed by atoms with Gasteiger partial charge in [0.25, 0.3) is 0 Å². The maximum Gasteiger partial charge on any atom is 0.241 e. The zero-order chi connectivity index (χ0) is 21.0. The highest BCUT2D eigenvalue weighted by Crippen LogP contribution is 2.37. The first kappa shape index (κ1) is 18.7. The molecule has 150 valence electrons. The van der Waals surface area contributed by atoms with Gasteiger partial charge in [-0.3, -0.25) is 10.1 Å². The van der Waals surface area contributed by atoms with Crippen molar-refractivity contribution in [1.29, 1.82) is 0 Å². The lowest BCUT2D eigenvalue weighted by molar-refractivity contribution is -0.115. The molecule has 0 bridgehead atoms. The van der Waals surface area contributed by atoms with E-state index in [1.807, 2.05) is 66.7 Å². The molecule has 0 saturated heterocycles. The Morgan fingerprint density at radius 2 is 1.71 bits per heavy atom. The van der Waals surface area contributed by atoms with Gasteiger partial charge in [0.05, 0.1) is 17.7 Å². The molecule has 0 fully saturated rings. The maximum absolute atomic E-state index is 12.7. The molecular formula is C25H18N4O2. The predicted octanol–water partition coefficient (Wildman–Crippen LogP) is 5.13. The van der Waals surface area contributed by atoms with E-state index in [1.54, 1.807) is 12.3 Å². The summed E-state index contributed by atoms with van der Waals surface area (Å²) in [5.41, 5.74) is 3.64. The van der Waals surface area contributed by atoms with E-state index in [4.69, 9.17) is 4.52 Å². The summed E-state index contributed by atoms with van der Waals surface area (Å²) in [6.45, 7) is 0. The van der Waals surface area contributed by atoms with Gasteiger partial charge in [-0.1, -0.05) is 71.9 Å². The van der Waals surface area contributed by atoms with Crippen molar-refractivity contribution in [3.8, 4) is 22.5 Å². The lowest BCUT2D eigenvalue weighted by Gasteiger charge is -2.06. The molecule has 3 aromatic carbocycles. The Hall–Kier alpha value is -4.32. The minimum absolute atomic E-state index is 0.192. The van der Waals surface area contributed by atoms with Gasteiger partial charge in [-0.05, 0) is 28.5 Å². The average Bonchev–Trinajstić information content (AvgIpc) is 3.23. The van der Waals surface area contributed by atoms with Crippen LogP contribution in [0.15, 0.2) is 95.9 Å². The first-order chi connectivity index (χ1) is 15.3. The third-order valence-electron chi connectivity index (χ3n) is 5.01. The lowest BCUT2D eigenvalue weighted by Crippen LogP contribution is -2.14. The van der Waals surface area contributed by atoms with Crippen LogP contribution >= 0.6 is 0 Å². The SMILES string of the molecule is O=C(Cc1ccccc1)Nc1onc(-c2ccc3ccccc3c2)c1-c1ccncn1. The number of nitrogens with one attached hydrogen (secondary N) is 1. The number of nitrogens with zero attached hydrogens (tertiary/aromatic N) is 3. The van der Waals surface area contributed by atoms with Crippen LogP contribution in [0.2, 0.25) is 0 Å². The molecule has 6 nitrogen and oxygen atoms in total. The van der Waals surface area contributed by atoms with Crippen molar-refractivity contribution in [2.45, 2.75) is 6.42 Å². The van der Waals surface area contributed by atoms with Crippen LogP contribution in [0.4, 0.5) is 5.88 Å². The first-order valence-electron chi connectivity index (χ1n) is 9.87. The van der Waals surface area contributed by atoms with Crippen LogP contribution in [-0.2, 0) is 11.2 Å². The van der Waals surface area contributed by atoms with Crippen LogP contribution in [0.5, 0.6) is 0 Å². The van der Waals surface area contributed by atoms with E-state index in [9.17, 15) is 4.79 Å². The Morgan fingerprint density at radius 1 is 0.903 bits per heavy atom. The van der Waals surface area contributed by atoms with Gasteiger partial charge in [-0.2, -0.15) is 0 Å². The summed E-state index contributed by atoms with van der Waals surface area (Å²) in [6, 6.07) is 25.5. The summed E-state index contributed by atoms with van der Waals surface area (Å²) in [4.78, 5) is 21.0. The van der Waals surface area contributed by atoms with Crippen molar-refractivity contribution < 1.29 is 9.32 Å². The summed E-state index contributed by atoms with van der Waals surface area (Å²) in [7, 11) is 0. The summed E-state index contributed by atoms with van der Waals surface area (Å²) in [5.74, 6) is 0.0745. The quantitative estimate of drug-likeness (QED) is 0.437.